The Morgan fingerprint density at radius 3 is 2.91 bits per heavy atom. The lowest BCUT2D eigenvalue weighted by molar-refractivity contribution is 0.617. The van der Waals surface area contributed by atoms with Gasteiger partial charge in [0.15, 0.2) is 0 Å². The predicted octanol–water partition coefficient (Wildman–Crippen LogP) is 3.04. The van der Waals surface area contributed by atoms with Gasteiger partial charge in [0.25, 0.3) is 0 Å². The Morgan fingerprint density at radius 1 is 1.64 bits per heavy atom. The zero-order valence-corrected chi connectivity index (χ0v) is 7.14. The fourth-order valence-electron chi connectivity index (χ4n) is 1.62. The van der Waals surface area contributed by atoms with Crippen LogP contribution in [0.5, 0.6) is 0 Å². The summed E-state index contributed by atoms with van der Waals surface area (Å²) in [5.41, 5.74) is 1.39. The molecular formula is C10H15N. The zero-order valence-electron chi connectivity index (χ0n) is 7.14. The predicted molar refractivity (Wildman–Crippen MR) is 45.9 cm³/mol. The topological polar surface area (TPSA) is 23.8 Å². The highest BCUT2D eigenvalue weighted by atomic mass is 14.3. The molecule has 0 unspecified atom stereocenters. The van der Waals surface area contributed by atoms with Crippen molar-refractivity contribution in [3.8, 4) is 6.07 Å². The average Bonchev–Trinajstić information content (AvgIpc) is 2.09. The molecule has 1 aliphatic rings. The van der Waals surface area contributed by atoms with Crippen LogP contribution in [-0.2, 0) is 0 Å². The number of hydrogen-bond acceptors (Lipinski definition) is 1. The van der Waals surface area contributed by atoms with E-state index in [2.05, 4.69) is 19.1 Å². The summed E-state index contributed by atoms with van der Waals surface area (Å²) in [6, 6.07) is 2.35. The summed E-state index contributed by atoms with van der Waals surface area (Å²) in [5, 5.41) is 8.79. The molecule has 0 bridgehead atoms. The van der Waals surface area contributed by atoms with Crippen LogP contribution < -0.4 is 0 Å². The summed E-state index contributed by atoms with van der Waals surface area (Å²) in [6.07, 6.45) is 8.18. The van der Waals surface area contributed by atoms with Gasteiger partial charge in [-0.2, -0.15) is 5.26 Å². The molecule has 1 rings (SSSR count). The molecule has 1 aliphatic carbocycles. The largest absolute Gasteiger partial charge is 0.198 e. The molecule has 0 aliphatic heterocycles. The molecule has 1 nitrogen and oxygen atoms in total. The SMILES string of the molecule is CC[C@H](C#N)C1=CCCCC1. The Kier molecular flexibility index (Phi) is 3.16. The Labute approximate surface area is 68.7 Å². The first-order chi connectivity index (χ1) is 5.38. The average molecular weight is 149 g/mol. The Morgan fingerprint density at radius 2 is 2.45 bits per heavy atom. The molecule has 0 spiro atoms. The normalized spacial score (nSPS) is 20.2. The molecule has 0 amide bonds. The van der Waals surface area contributed by atoms with Gasteiger partial charge in [0.05, 0.1) is 12.0 Å². The monoisotopic (exact) mass is 149 g/mol. The lowest BCUT2D eigenvalue weighted by atomic mass is 9.89. The van der Waals surface area contributed by atoms with E-state index < -0.39 is 0 Å². The van der Waals surface area contributed by atoms with E-state index in [1.54, 1.807) is 0 Å². The summed E-state index contributed by atoms with van der Waals surface area (Å²) in [4.78, 5) is 0. The van der Waals surface area contributed by atoms with E-state index >= 15 is 0 Å². The summed E-state index contributed by atoms with van der Waals surface area (Å²) in [7, 11) is 0. The lowest BCUT2D eigenvalue weighted by Gasteiger charge is -2.15. The van der Waals surface area contributed by atoms with Crippen LogP contribution in [0, 0.1) is 17.2 Å². The Hall–Kier alpha value is -0.770. The van der Waals surface area contributed by atoms with Crippen molar-refractivity contribution < 1.29 is 0 Å². The molecule has 0 saturated carbocycles. The quantitative estimate of drug-likeness (QED) is 0.553. The maximum Gasteiger partial charge on any atom is 0.0700 e. The second-order valence-corrected chi connectivity index (χ2v) is 3.11. The molecule has 0 aromatic carbocycles. The molecule has 0 radical (unpaired) electrons. The van der Waals surface area contributed by atoms with Gasteiger partial charge in [-0.3, -0.25) is 0 Å². The Bertz CT molecular complexity index is 186. The smallest absolute Gasteiger partial charge is 0.0700 e. The van der Waals surface area contributed by atoms with Crippen LogP contribution in [0.3, 0.4) is 0 Å². The van der Waals surface area contributed by atoms with Crippen LogP contribution in [0.25, 0.3) is 0 Å². The minimum absolute atomic E-state index is 0.204. The number of rotatable bonds is 2. The molecule has 0 fully saturated rings. The summed E-state index contributed by atoms with van der Waals surface area (Å²) < 4.78 is 0. The van der Waals surface area contributed by atoms with Gasteiger partial charge >= 0.3 is 0 Å². The van der Waals surface area contributed by atoms with Crippen LogP contribution in [-0.4, -0.2) is 0 Å². The van der Waals surface area contributed by atoms with E-state index in [4.69, 9.17) is 5.26 Å². The van der Waals surface area contributed by atoms with Crippen molar-refractivity contribution in [2.75, 3.05) is 0 Å². The van der Waals surface area contributed by atoms with Crippen molar-refractivity contribution >= 4 is 0 Å². The summed E-state index contributed by atoms with van der Waals surface area (Å²) in [5.74, 6) is 0.204. The van der Waals surface area contributed by atoms with Crippen LogP contribution in [0.4, 0.5) is 0 Å². The van der Waals surface area contributed by atoms with Gasteiger partial charge in [0.2, 0.25) is 0 Å². The molecule has 0 aromatic heterocycles. The third-order valence-corrected chi connectivity index (χ3v) is 2.34. The van der Waals surface area contributed by atoms with E-state index in [1.807, 2.05) is 0 Å². The number of nitrogens with zero attached hydrogens (tertiary/aromatic N) is 1. The van der Waals surface area contributed by atoms with Gasteiger partial charge < -0.3 is 0 Å². The second-order valence-electron chi connectivity index (χ2n) is 3.11. The number of hydrogen-bond donors (Lipinski definition) is 0. The fourth-order valence-corrected chi connectivity index (χ4v) is 1.62. The van der Waals surface area contributed by atoms with Crippen molar-refractivity contribution in [1.82, 2.24) is 0 Å². The van der Waals surface area contributed by atoms with Crippen LogP contribution in [0.2, 0.25) is 0 Å². The van der Waals surface area contributed by atoms with Crippen molar-refractivity contribution in [2.24, 2.45) is 5.92 Å². The number of allylic oxidation sites excluding steroid dienone is 2. The molecule has 1 heteroatoms. The van der Waals surface area contributed by atoms with Gasteiger partial charge in [-0.25, -0.2) is 0 Å². The van der Waals surface area contributed by atoms with Gasteiger partial charge in [-0.05, 0) is 32.1 Å². The molecule has 1 atom stereocenters. The van der Waals surface area contributed by atoms with Crippen molar-refractivity contribution in [2.45, 2.75) is 39.0 Å². The van der Waals surface area contributed by atoms with Crippen LogP contribution >= 0.6 is 0 Å². The van der Waals surface area contributed by atoms with E-state index in [0.717, 1.165) is 12.8 Å². The second kappa shape index (κ2) is 4.18. The van der Waals surface area contributed by atoms with Gasteiger partial charge in [-0.1, -0.05) is 18.6 Å². The highest BCUT2D eigenvalue weighted by Crippen LogP contribution is 2.25. The van der Waals surface area contributed by atoms with E-state index in [0.29, 0.717) is 0 Å². The van der Waals surface area contributed by atoms with E-state index in [9.17, 15) is 0 Å². The molecule has 0 N–H and O–H groups in total. The Balaban J connectivity index is 2.57. The maximum absolute atomic E-state index is 8.79. The minimum atomic E-state index is 0.204. The fraction of sp³-hybridized carbons (Fsp3) is 0.700. The van der Waals surface area contributed by atoms with Gasteiger partial charge in [-0.15, -0.1) is 0 Å². The highest BCUT2D eigenvalue weighted by Gasteiger charge is 2.12. The summed E-state index contributed by atoms with van der Waals surface area (Å²) in [6.45, 7) is 2.09. The molecule has 11 heavy (non-hydrogen) atoms. The van der Waals surface area contributed by atoms with E-state index in [1.165, 1.54) is 24.8 Å². The van der Waals surface area contributed by atoms with Crippen LogP contribution in [0.15, 0.2) is 11.6 Å². The maximum atomic E-state index is 8.79. The van der Waals surface area contributed by atoms with Gasteiger partial charge in [0.1, 0.15) is 0 Å². The molecule has 60 valence electrons. The van der Waals surface area contributed by atoms with E-state index in [-0.39, 0.29) is 5.92 Å². The van der Waals surface area contributed by atoms with Gasteiger partial charge in [0, 0.05) is 0 Å². The summed E-state index contributed by atoms with van der Waals surface area (Å²) >= 11 is 0. The molecular weight excluding hydrogens is 134 g/mol. The van der Waals surface area contributed by atoms with Crippen molar-refractivity contribution in [3.05, 3.63) is 11.6 Å². The zero-order chi connectivity index (χ0) is 8.10. The molecule has 0 heterocycles. The van der Waals surface area contributed by atoms with Crippen LogP contribution in [0.1, 0.15) is 39.0 Å². The third-order valence-electron chi connectivity index (χ3n) is 2.34. The van der Waals surface area contributed by atoms with Crippen molar-refractivity contribution in [1.29, 1.82) is 5.26 Å². The van der Waals surface area contributed by atoms with Crippen molar-refractivity contribution in [3.63, 3.8) is 0 Å². The first kappa shape index (κ1) is 8.33. The standard InChI is InChI=1S/C10H15N/c1-2-9(8-11)10-6-4-3-5-7-10/h6,9H,2-5,7H2,1H3/t9-/m1/s1. The lowest BCUT2D eigenvalue weighted by Crippen LogP contribution is -2.03. The third kappa shape index (κ3) is 2.08. The highest BCUT2D eigenvalue weighted by molar-refractivity contribution is 5.15. The first-order valence-electron chi connectivity index (χ1n) is 4.47. The molecule has 0 aromatic rings. The number of nitriles is 1. The molecule has 0 saturated heterocycles. The minimum Gasteiger partial charge on any atom is -0.198 e. The first-order valence-corrected chi connectivity index (χ1v) is 4.47.